The number of halogens is 2. The molecule has 2 aromatic rings. The number of nitrogens with zero attached hydrogens (tertiary/aromatic N) is 3. The van der Waals surface area contributed by atoms with Crippen molar-refractivity contribution in [3.63, 3.8) is 0 Å². The molecule has 0 fully saturated rings. The Morgan fingerprint density at radius 3 is 2.79 bits per heavy atom. The zero-order valence-electron chi connectivity index (χ0n) is 10.9. The second-order valence-corrected chi connectivity index (χ2v) is 6.10. The van der Waals surface area contributed by atoms with Gasteiger partial charge < -0.3 is 5.32 Å². The average Bonchev–Trinajstić information content (AvgIpc) is 2.75. The molecule has 0 amide bonds. The van der Waals surface area contributed by atoms with E-state index in [4.69, 9.17) is 11.6 Å². The molecule has 2 rings (SSSR count). The van der Waals surface area contributed by atoms with Crippen LogP contribution in [0.1, 0.15) is 19.4 Å². The van der Waals surface area contributed by atoms with Crippen molar-refractivity contribution in [1.29, 1.82) is 0 Å². The molecule has 0 saturated carbocycles. The van der Waals surface area contributed by atoms with Gasteiger partial charge in [0.05, 0.1) is 15.7 Å². The number of rotatable bonds is 5. The van der Waals surface area contributed by atoms with E-state index < -0.39 is 0 Å². The lowest BCUT2D eigenvalue weighted by molar-refractivity contribution is 0.552. The molecular weight excluding hydrogens is 328 g/mol. The van der Waals surface area contributed by atoms with Gasteiger partial charge in [0.15, 0.2) is 5.82 Å². The maximum atomic E-state index is 6.25. The minimum Gasteiger partial charge on any atom is -0.312 e. The summed E-state index contributed by atoms with van der Waals surface area (Å²) in [6.45, 7) is 6.10. The van der Waals surface area contributed by atoms with Crippen LogP contribution in [0.5, 0.6) is 0 Å². The monoisotopic (exact) mass is 342 g/mol. The van der Waals surface area contributed by atoms with E-state index in [2.05, 4.69) is 45.2 Å². The Hall–Kier alpha value is -0.910. The molecule has 6 heteroatoms. The van der Waals surface area contributed by atoms with Gasteiger partial charge in [-0.1, -0.05) is 25.4 Å². The first-order chi connectivity index (χ1) is 9.06. The summed E-state index contributed by atoms with van der Waals surface area (Å²) in [7, 11) is 0. The Morgan fingerprint density at radius 2 is 2.21 bits per heavy atom. The molecule has 1 N–H and O–H groups in total. The molecule has 2 heterocycles. The minimum atomic E-state index is 0.597. The molecule has 19 heavy (non-hydrogen) atoms. The van der Waals surface area contributed by atoms with Crippen LogP contribution in [0.4, 0.5) is 0 Å². The third-order valence-corrected chi connectivity index (χ3v) is 3.22. The SMILES string of the molecule is CC(C)CNCc1cnc(-n2cc(Br)cn2)c(Cl)c1. The lowest BCUT2D eigenvalue weighted by Gasteiger charge is -2.09. The van der Waals surface area contributed by atoms with Gasteiger partial charge >= 0.3 is 0 Å². The van der Waals surface area contributed by atoms with Crippen molar-refractivity contribution in [2.45, 2.75) is 20.4 Å². The van der Waals surface area contributed by atoms with E-state index in [-0.39, 0.29) is 0 Å². The van der Waals surface area contributed by atoms with E-state index in [9.17, 15) is 0 Å². The van der Waals surface area contributed by atoms with Crippen LogP contribution in [0.15, 0.2) is 29.1 Å². The molecule has 102 valence electrons. The number of hydrogen-bond donors (Lipinski definition) is 1. The summed E-state index contributed by atoms with van der Waals surface area (Å²) >= 11 is 9.60. The molecular formula is C13H16BrClN4. The van der Waals surface area contributed by atoms with Gasteiger partial charge in [0, 0.05) is 18.9 Å². The van der Waals surface area contributed by atoms with Crippen molar-refractivity contribution < 1.29 is 0 Å². The Labute approximate surface area is 126 Å². The highest BCUT2D eigenvalue weighted by Crippen LogP contribution is 2.20. The molecule has 0 aliphatic rings. The largest absolute Gasteiger partial charge is 0.312 e. The Morgan fingerprint density at radius 1 is 1.42 bits per heavy atom. The fourth-order valence-electron chi connectivity index (χ4n) is 1.66. The zero-order chi connectivity index (χ0) is 13.8. The van der Waals surface area contributed by atoms with Crippen molar-refractivity contribution in [1.82, 2.24) is 20.1 Å². The Balaban J connectivity index is 2.09. The molecule has 4 nitrogen and oxygen atoms in total. The van der Waals surface area contributed by atoms with Crippen LogP contribution in [-0.4, -0.2) is 21.3 Å². The Kier molecular flexibility index (Phi) is 4.96. The van der Waals surface area contributed by atoms with Crippen molar-refractivity contribution in [2.24, 2.45) is 5.92 Å². The topological polar surface area (TPSA) is 42.7 Å². The molecule has 0 aliphatic carbocycles. The smallest absolute Gasteiger partial charge is 0.172 e. The molecule has 0 saturated heterocycles. The van der Waals surface area contributed by atoms with E-state index in [1.807, 2.05) is 18.5 Å². The Bertz CT molecular complexity index is 553. The normalized spacial score (nSPS) is 11.2. The van der Waals surface area contributed by atoms with Crippen LogP contribution in [0, 0.1) is 5.92 Å². The van der Waals surface area contributed by atoms with E-state index in [1.54, 1.807) is 10.9 Å². The molecule has 0 aliphatic heterocycles. The maximum absolute atomic E-state index is 6.25. The number of pyridine rings is 1. The highest BCUT2D eigenvalue weighted by Gasteiger charge is 2.07. The third kappa shape index (κ3) is 4.03. The van der Waals surface area contributed by atoms with Crippen molar-refractivity contribution in [2.75, 3.05) is 6.54 Å². The fraction of sp³-hybridized carbons (Fsp3) is 0.385. The number of nitrogens with one attached hydrogen (secondary N) is 1. The quantitative estimate of drug-likeness (QED) is 0.904. The lowest BCUT2D eigenvalue weighted by Crippen LogP contribution is -2.19. The first-order valence-corrected chi connectivity index (χ1v) is 7.29. The third-order valence-electron chi connectivity index (χ3n) is 2.53. The van der Waals surface area contributed by atoms with Crippen LogP contribution < -0.4 is 5.32 Å². The van der Waals surface area contributed by atoms with E-state index >= 15 is 0 Å². The molecule has 0 bridgehead atoms. The molecule has 0 spiro atoms. The van der Waals surface area contributed by atoms with E-state index in [1.165, 1.54) is 0 Å². The standard InChI is InChI=1S/C13H16BrClN4/c1-9(2)4-16-5-10-3-12(15)13(17-6-10)19-8-11(14)7-18-19/h3,6-9,16H,4-5H2,1-2H3. The molecule has 0 atom stereocenters. The lowest BCUT2D eigenvalue weighted by atomic mass is 10.2. The van der Waals surface area contributed by atoms with Gasteiger partial charge in [0.1, 0.15) is 0 Å². The fourth-order valence-corrected chi connectivity index (χ4v) is 2.22. The second-order valence-electron chi connectivity index (χ2n) is 4.78. The van der Waals surface area contributed by atoms with Crippen molar-refractivity contribution in [3.05, 3.63) is 39.7 Å². The number of hydrogen-bond acceptors (Lipinski definition) is 3. The maximum Gasteiger partial charge on any atom is 0.172 e. The summed E-state index contributed by atoms with van der Waals surface area (Å²) in [5.41, 5.74) is 1.07. The van der Waals surface area contributed by atoms with Crippen LogP contribution in [0.25, 0.3) is 5.82 Å². The van der Waals surface area contributed by atoms with Gasteiger partial charge in [-0.25, -0.2) is 9.67 Å². The van der Waals surface area contributed by atoms with E-state index in [0.29, 0.717) is 16.8 Å². The average molecular weight is 344 g/mol. The zero-order valence-corrected chi connectivity index (χ0v) is 13.2. The first-order valence-electron chi connectivity index (χ1n) is 6.12. The van der Waals surface area contributed by atoms with Gasteiger partial charge in [0.2, 0.25) is 0 Å². The second kappa shape index (κ2) is 6.50. The predicted molar refractivity (Wildman–Crippen MR) is 80.6 cm³/mol. The molecule has 2 aromatic heterocycles. The van der Waals surface area contributed by atoms with Crippen LogP contribution in [0.3, 0.4) is 0 Å². The highest BCUT2D eigenvalue weighted by molar-refractivity contribution is 9.10. The summed E-state index contributed by atoms with van der Waals surface area (Å²) < 4.78 is 2.55. The van der Waals surface area contributed by atoms with Crippen molar-refractivity contribution >= 4 is 27.5 Å². The van der Waals surface area contributed by atoms with E-state index in [0.717, 1.165) is 23.1 Å². The van der Waals surface area contributed by atoms with Crippen LogP contribution >= 0.6 is 27.5 Å². The van der Waals surface area contributed by atoms with Crippen LogP contribution in [-0.2, 0) is 6.54 Å². The highest BCUT2D eigenvalue weighted by atomic mass is 79.9. The van der Waals surface area contributed by atoms with Gasteiger partial charge in [-0.3, -0.25) is 0 Å². The van der Waals surface area contributed by atoms with Gasteiger partial charge in [-0.2, -0.15) is 5.10 Å². The first kappa shape index (κ1) is 14.5. The summed E-state index contributed by atoms with van der Waals surface area (Å²) in [5.74, 6) is 1.27. The minimum absolute atomic E-state index is 0.597. The summed E-state index contributed by atoms with van der Waals surface area (Å²) in [5, 5.41) is 8.13. The number of aromatic nitrogens is 3. The van der Waals surface area contributed by atoms with Gasteiger partial charge in [-0.05, 0) is 40.0 Å². The summed E-state index contributed by atoms with van der Waals surface area (Å²) in [4.78, 5) is 4.37. The molecule has 0 radical (unpaired) electrons. The summed E-state index contributed by atoms with van der Waals surface area (Å²) in [6, 6.07) is 1.92. The van der Waals surface area contributed by atoms with Gasteiger partial charge in [0.25, 0.3) is 0 Å². The van der Waals surface area contributed by atoms with Crippen molar-refractivity contribution in [3.8, 4) is 5.82 Å². The van der Waals surface area contributed by atoms with Gasteiger partial charge in [-0.15, -0.1) is 0 Å². The summed E-state index contributed by atoms with van der Waals surface area (Å²) in [6.07, 6.45) is 5.35. The molecule has 0 unspecified atom stereocenters. The molecule has 0 aromatic carbocycles. The predicted octanol–water partition coefficient (Wildman–Crippen LogP) is 3.43. The van der Waals surface area contributed by atoms with Crippen LogP contribution in [0.2, 0.25) is 5.02 Å².